The highest BCUT2D eigenvalue weighted by molar-refractivity contribution is 7.84. The van der Waals surface area contributed by atoms with Crippen LogP contribution in [0.3, 0.4) is 0 Å². The molecule has 1 aliphatic heterocycles. The van der Waals surface area contributed by atoms with E-state index in [1.54, 1.807) is 50.4 Å². The third-order valence-corrected chi connectivity index (χ3v) is 9.50. The molecule has 0 saturated heterocycles. The van der Waals surface area contributed by atoms with Crippen molar-refractivity contribution in [1.82, 2.24) is 0 Å². The van der Waals surface area contributed by atoms with Crippen LogP contribution in [0.1, 0.15) is 45.7 Å². The van der Waals surface area contributed by atoms with Crippen molar-refractivity contribution in [2.45, 2.75) is 63.2 Å². The maximum atomic E-state index is 16.2. The number of benzene rings is 3. The first kappa shape index (κ1) is 32.4. The summed E-state index contributed by atoms with van der Waals surface area (Å²) in [6.45, 7) is 8.78. The second-order valence-electron chi connectivity index (χ2n) is 11.7. The van der Waals surface area contributed by atoms with Gasteiger partial charge in [-0.1, -0.05) is 68.3 Å². The van der Waals surface area contributed by atoms with Crippen LogP contribution in [0.15, 0.2) is 77.4 Å². The first-order valence-electron chi connectivity index (χ1n) is 13.5. The zero-order chi connectivity index (χ0) is 31.1. The maximum Gasteiger partial charge on any atom is 0.147 e. The Hall–Kier alpha value is -2.55. The molecule has 1 heterocycles. The summed E-state index contributed by atoms with van der Waals surface area (Å²) in [7, 11) is -1.57. The van der Waals surface area contributed by atoms with E-state index in [9.17, 15) is 18.8 Å². The Morgan fingerprint density at radius 1 is 0.976 bits per heavy atom. The minimum atomic E-state index is -1.57. The largest absolute Gasteiger partial charge is 0.392 e. The molecule has 0 bridgehead atoms. The number of hydrogen-bond acceptors (Lipinski definition) is 4. The first-order chi connectivity index (χ1) is 19.6. The molecule has 3 aromatic rings. The molecule has 0 fully saturated rings. The van der Waals surface area contributed by atoms with Crippen LogP contribution in [-0.4, -0.2) is 32.3 Å². The van der Waals surface area contributed by atoms with Crippen LogP contribution in [0.2, 0.25) is 10.0 Å². The molecule has 4 rings (SSSR count). The summed E-state index contributed by atoms with van der Waals surface area (Å²) >= 11 is 13.4. The van der Waals surface area contributed by atoms with Gasteiger partial charge in [-0.05, 0) is 78.4 Å². The van der Waals surface area contributed by atoms with Gasteiger partial charge in [0.1, 0.15) is 11.6 Å². The van der Waals surface area contributed by atoms with Crippen LogP contribution in [0, 0.1) is 17.6 Å². The summed E-state index contributed by atoms with van der Waals surface area (Å²) in [5, 5.41) is 21.5. The van der Waals surface area contributed by atoms with E-state index >= 15 is 4.39 Å². The summed E-state index contributed by atoms with van der Waals surface area (Å²) in [5.74, 6) is -1.44. The lowest BCUT2D eigenvalue weighted by atomic mass is 9.72. The van der Waals surface area contributed by atoms with Crippen LogP contribution in [0.25, 0.3) is 11.1 Å². The molecule has 1 aliphatic rings. The number of anilines is 1. The minimum absolute atomic E-state index is 0.0460. The Morgan fingerprint density at radius 3 is 2.14 bits per heavy atom. The molecule has 0 amide bonds. The van der Waals surface area contributed by atoms with Gasteiger partial charge in [0.2, 0.25) is 0 Å². The van der Waals surface area contributed by atoms with Crippen molar-refractivity contribution >= 4 is 39.7 Å². The van der Waals surface area contributed by atoms with Crippen molar-refractivity contribution in [2.75, 3.05) is 11.2 Å². The number of aliphatic hydroxyl groups is 2. The zero-order valence-corrected chi connectivity index (χ0v) is 26.7. The van der Waals surface area contributed by atoms with E-state index in [0.717, 1.165) is 5.56 Å². The monoisotopic (exact) mass is 633 g/mol. The molecular formula is C33H35Cl2F2NO3S. The smallest absolute Gasteiger partial charge is 0.147 e. The average molecular weight is 635 g/mol. The Labute approximate surface area is 258 Å². The normalized spacial score (nSPS) is 18.6. The third kappa shape index (κ3) is 6.22. The molecule has 0 radical (unpaired) electrons. The molecule has 42 heavy (non-hydrogen) atoms. The topological polar surface area (TPSA) is 60.8 Å². The van der Waals surface area contributed by atoms with E-state index in [0.29, 0.717) is 26.7 Å². The van der Waals surface area contributed by atoms with E-state index in [-0.39, 0.29) is 22.1 Å². The summed E-state index contributed by atoms with van der Waals surface area (Å²) in [5.41, 5.74) is 0.281. The van der Waals surface area contributed by atoms with Crippen LogP contribution < -0.4 is 4.90 Å². The fourth-order valence-corrected chi connectivity index (χ4v) is 7.50. The molecule has 3 unspecified atom stereocenters. The maximum absolute atomic E-state index is 16.2. The van der Waals surface area contributed by atoms with Crippen LogP contribution in [0.4, 0.5) is 14.5 Å². The number of hydrogen-bond donors (Lipinski definition) is 2. The van der Waals surface area contributed by atoms with Crippen molar-refractivity contribution in [3.63, 3.8) is 0 Å². The van der Waals surface area contributed by atoms with Gasteiger partial charge in [-0.2, -0.15) is 0 Å². The fourth-order valence-electron chi connectivity index (χ4n) is 5.82. The average Bonchev–Trinajstić information content (AvgIpc) is 3.07. The molecule has 3 aromatic carbocycles. The van der Waals surface area contributed by atoms with Gasteiger partial charge in [-0.25, -0.2) is 8.78 Å². The van der Waals surface area contributed by atoms with Crippen molar-refractivity contribution in [3.05, 3.63) is 105 Å². The highest BCUT2D eigenvalue weighted by Crippen LogP contribution is 2.45. The Morgan fingerprint density at radius 2 is 1.60 bits per heavy atom. The Bertz CT molecular complexity index is 1580. The molecule has 0 spiro atoms. The van der Waals surface area contributed by atoms with Gasteiger partial charge in [-0.15, -0.1) is 0 Å². The SMILES string of the molecule is CC1C=CC(C(C)(C)O)=CN(c2ccc(-c3cc(F)c(CO)c(S(C)=O)c3)cc2F)C1C(C)(C)c1c(Cl)cccc1Cl. The molecule has 2 N–H and O–H groups in total. The quantitative estimate of drug-likeness (QED) is 0.275. The van der Waals surface area contributed by atoms with Gasteiger partial charge >= 0.3 is 0 Å². The third-order valence-electron chi connectivity index (χ3n) is 7.89. The van der Waals surface area contributed by atoms with Gasteiger partial charge in [-0.3, -0.25) is 4.21 Å². The predicted molar refractivity (Wildman–Crippen MR) is 168 cm³/mol. The second-order valence-corrected chi connectivity index (χ2v) is 13.9. The number of halogens is 4. The van der Waals surface area contributed by atoms with Crippen molar-refractivity contribution < 1.29 is 23.2 Å². The van der Waals surface area contributed by atoms with Crippen molar-refractivity contribution in [1.29, 1.82) is 0 Å². The van der Waals surface area contributed by atoms with Gasteiger partial charge in [0.05, 0.1) is 28.7 Å². The molecule has 4 nitrogen and oxygen atoms in total. The lowest BCUT2D eigenvalue weighted by molar-refractivity contribution is 0.123. The molecule has 0 saturated carbocycles. The number of aliphatic hydroxyl groups excluding tert-OH is 1. The van der Waals surface area contributed by atoms with Gasteiger partial charge in [0.15, 0.2) is 0 Å². The summed E-state index contributed by atoms with van der Waals surface area (Å²) in [4.78, 5) is 1.97. The predicted octanol–water partition coefficient (Wildman–Crippen LogP) is 8.18. The van der Waals surface area contributed by atoms with Crippen molar-refractivity contribution in [2.24, 2.45) is 5.92 Å². The summed E-state index contributed by atoms with van der Waals surface area (Å²) in [6.07, 6.45) is 7.00. The first-order valence-corrected chi connectivity index (χ1v) is 15.8. The minimum Gasteiger partial charge on any atom is -0.392 e. The van der Waals surface area contributed by atoms with Gasteiger partial charge in [0, 0.05) is 44.4 Å². The van der Waals surface area contributed by atoms with Crippen molar-refractivity contribution in [3.8, 4) is 11.1 Å². The van der Waals surface area contributed by atoms with E-state index < -0.39 is 46.1 Å². The second kappa shape index (κ2) is 12.2. The number of nitrogens with zero attached hydrogens (tertiary/aromatic N) is 1. The standard InChI is InChI=1S/C33H35Cl2F2NO3S/c1-19-10-12-22(33(4,5)40)17-38(31(19)32(2,3)30-24(34)8-7-9-25(30)35)28-13-11-20(14-27(28)37)21-15-26(36)23(18-39)29(16-21)42(6)41/h7-17,19,31,39-40H,18H2,1-6H3. The summed E-state index contributed by atoms with van der Waals surface area (Å²) < 4.78 is 43.3. The Balaban J connectivity index is 1.92. The van der Waals surface area contributed by atoms with Gasteiger partial charge < -0.3 is 15.1 Å². The molecule has 3 atom stereocenters. The molecular weight excluding hydrogens is 599 g/mol. The lowest BCUT2D eigenvalue weighted by Crippen LogP contribution is -2.49. The van der Waals surface area contributed by atoms with E-state index in [1.165, 1.54) is 24.5 Å². The molecule has 224 valence electrons. The van der Waals surface area contributed by atoms with Crippen LogP contribution >= 0.6 is 23.2 Å². The highest BCUT2D eigenvalue weighted by Gasteiger charge is 2.42. The van der Waals surface area contributed by atoms with Gasteiger partial charge in [0.25, 0.3) is 0 Å². The molecule has 0 aromatic heterocycles. The van der Waals surface area contributed by atoms with Crippen LogP contribution in [0.5, 0.6) is 0 Å². The zero-order valence-electron chi connectivity index (χ0n) is 24.4. The fraction of sp³-hybridized carbons (Fsp3) is 0.333. The molecule has 9 heteroatoms. The summed E-state index contributed by atoms with van der Waals surface area (Å²) in [6, 6.07) is 12.2. The van der Waals surface area contributed by atoms with Crippen LogP contribution in [-0.2, 0) is 22.8 Å². The van der Waals surface area contributed by atoms with E-state index in [2.05, 4.69) is 0 Å². The highest BCUT2D eigenvalue weighted by atomic mass is 35.5. The number of rotatable bonds is 7. The lowest BCUT2D eigenvalue weighted by Gasteiger charge is -2.45. The Kier molecular flexibility index (Phi) is 9.41. The molecule has 0 aliphatic carbocycles. The van der Waals surface area contributed by atoms with E-state index in [1.807, 2.05) is 37.8 Å². The van der Waals surface area contributed by atoms with E-state index in [4.69, 9.17) is 23.2 Å².